The topological polar surface area (TPSA) is 98.4 Å². The van der Waals surface area contributed by atoms with Crippen LogP contribution in [0.15, 0.2) is 22.6 Å². The van der Waals surface area contributed by atoms with Crippen LogP contribution in [0.4, 0.5) is 11.7 Å². The van der Waals surface area contributed by atoms with E-state index in [0.717, 1.165) is 19.3 Å². The van der Waals surface area contributed by atoms with Crippen LogP contribution in [0.3, 0.4) is 0 Å². The number of non-ortho nitro benzene ring substituents is 1. The summed E-state index contributed by atoms with van der Waals surface area (Å²) in [7, 11) is 1.94. The number of benzene rings is 1. The molecule has 1 aromatic heterocycles. The van der Waals surface area contributed by atoms with Gasteiger partial charge in [0.05, 0.1) is 11.0 Å². The van der Waals surface area contributed by atoms with E-state index in [1.54, 1.807) is 6.07 Å². The number of oxazole rings is 1. The lowest BCUT2D eigenvalue weighted by molar-refractivity contribution is -0.384. The summed E-state index contributed by atoms with van der Waals surface area (Å²) in [4.78, 5) is 16.8. The van der Waals surface area contributed by atoms with Gasteiger partial charge in [0.2, 0.25) is 0 Å². The lowest BCUT2D eigenvalue weighted by atomic mass is 10.0. The number of nitrogens with zero attached hydrogens (tertiary/aromatic N) is 3. The maximum atomic E-state index is 10.8. The van der Waals surface area contributed by atoms with Gasteiger partial charge in [-0.3, -0.25) is 10.1 Å². The second kappa shape index (κ2) is 5.33. The summed E-state index contributed by atoms with van der Waals surface area (Å²) in [6.07, 6.45) is 3.34. The molecular formula is C14H18N4O3. The van der Waals surface area contributed by atoms with E-state index >= 15 is 0 Å². The third kappa shape index (κ3) is 2.44. The lowest BCUT2D eigenvalue weighted by Gasteiger charge is -2.27. The van der Waals surface area contributed by atoms with Crippen LogP contribution in [0, 0.1) is 16.0 Å². The van der Waals surface area contributed by atoms with E-state index in [9.17, 15) is 10.1 Å². The van der Waals surface area contributed by atoms with Crippen molar-refractivity contribution in [2.24, 2.45) is 11.7 Å². The minimum Gasteiger partial charge on any atom is -0.423 e. The van der Waals surface area contributed by atoms with Crippen molar-refractivity contribution in [3.63, 3.8) is 0 Å². The van der Waals surface area contributed by atoms with Gasteiger partial charge in [0, 0.05) is 19.2 Å². The number of nitro groups is 1. The molecule has 0 saturated heterocycles. The minimum absolute atomic E-state index is 0.00792. The average Bonchev–Trinajstić information content (AvgIpc) is 3.11. The molecule has 1 aliphatic carbocycles. The quantitative estimate of drug-likeness (QED) is 0.685. The van der Waals surface area contributed by atoms with Crippen LogP contribution < -0.4 is 10.6 Å². The van der Waals surface area contributed by atoms with Crippen LogP contribution in [-0.4, -0.2) is 29.5 Å². The number of anilines is 1. The van der Waals surface area contributed by atoms with Gasteiger partial charge in [0.1, 0.15) is 5.52 Å². The first-order valence-electron chi connectivity index (χ1n) is 7.08. The summed E-state index contributed by atoms with van der Waals surface area (Å²) in [5, 5.41) is 10.8. The smallest absolute Gasteiger partial charge is 0.298 e. The molecule has 1 saturated carbocycles. The summed E-state index contributed by atoms with van der Waals surface area (Å²) < 4.78 is 5.70. The Morgan fingerprint density at radius 3 is 3.05 bits per heavy atom. The normalized spacial score (nSPS) is 21.8. The van der Waals surface area contributed by atoms with Gasteiger partial charge in [0.25, 0.3) is 11.7 Å². The molecule has 2 atom stereocenters. The molecule has 1 aromatic carbocycles. The maximum absolute atomic E-state index is 10.8. The van der Waals surface area contributed by atoms with E-state index in [4.69, 9.17) is 10.2 Å². The summed E-state index contributed by atoms with van der Waals surface area (Å²) in [6, 6.07) is 5.28. The monoisotopic (exact) mass is 290 g/mol. The van der Waals surface area contributed by atoms with E-state index in [-0.39, 0.29) is 5.69 Å². The standard InChI is InChI=1S/C14H18N4O3/c1-17(12-4-2-3-9(12)8-15)14-16-11-6-5-10(18(19)20)7-13(11)21-14/h5-7,9,12H,2-4,8,15H2,1H3. The van der Waals surface area contributed by atoms with Crippen molar-refractivity contribution >= 4 is 22.8 Å². The van der Waals surface area contributed by atoms with Gasteiger partial charge in [-0.25, -0.2) is 0 Å². The Morgan fingerprint density at radius 1 is 1.52 bits per heavy atom. The Labute approximate surface area is 121 Å². The number of fused-ring (bicyclic) bond motifs is 1. The molecule has 21 heavy (non-hydrogen) atoms. The van der Waals surface area contributed by atoms with Crippen LogP contribution in [0.25, 0.3) is 11.1 Å². The first-order chi connectivity index (χ1) is 10.1. The van der Waals surface area contributed by atoms with Crippen molar-refractivity contribution in [2.45, 2.75) is 25.3 Å². The Kier molecular flexibility index (Phi) is 3.50. The summed E-state index contributed by atoms with van der Waals surface area (Å²) in [5.41, 5.74) is 6.89. The molecule has 112 valence electrons. The lowest BCUT2D eigenvalue weighted by Crippen LogP contribution is -2.37. The Morgan fingerprint density at radius 2 is 2.33 bits per heavy atom. The minimum atomic E-state index is -0.438. The molecular weight excluding hydrogens is 272 g/mol. The number of hydrogen-bond acceptors (Lipinski definition) is 6. The highest BCUT2D eigenvalue weighted by Crippen LogP contribution is 2.33. The van der Waals surface area contributed by atoms with Crippen LogP contribution >= 0.6 is 0 Å². The van der Waals surface area contributed by atoms with Gasteiger partial charge >= 0.3 is 0 Å². The Bertz CT molecular complexity index is 669. The van der Waals surface area contributed by atoms with Crippen LogP contribution in [-0.2, 0) is 0 Å². The van der Waals surface area contributed by atoms with Crippen LogP contribution in [0.1, 0.15) is 19.3 Å². The van der Waals surface area contributed by atoms with Crippen molar-refractivity contribution in [2.75, 3.05) is 18.5 Å². The van der Waals surface area contributed by atoms with Crippen molar-refractivity contribution in [3.05, 3.63) is 28.3 Å². The third-order valence-electron chi connectivity index (χ3n) is 4.29. The second-order valence-electron chi connectivity index (χ2n) is 5.51. The van der Waals surface area contributed by atoms with Crippen molar-refractivity contribution < 1.29 is 9.34 Å². The SMILES string of the molecule is CN(c1nc2ccc([N+](=O)[O-])cc2o1)C1CCCC1CN. The molecule has 0 spiro atoms. The molecule has 0 aliphatic heterocycles. The highest BCUT2D eigenvalue weighted by molar-refractivity contribution is 5.77. The Hall–Kier alpha value is -2.15. The molecule has 2 unspecified atom stereocenters. The first kappa shape index (κ1) is 13.8. The number of nitrogens with two attached hydrogens (primary N) is 1. The van der Waals surface area contributed by atoms with E-state index in [2.05, 4.69) is 4.98 Å². The molecule has 1 aliphatic rings. The van der Waals surface area contributed by atoms with Gasteiger partial charge in [-0.1, -0.05) is 6.42 Å². The van der Waals surface area contributed by atoms with Gasteiger partial charge < -0.3 is 15.1 Å². The zero-order valence-corrected chi connectivity index (χ0v) is 11.9. The highest BCUT2D eigenvalue weighted by Gasteiger charge is 2.31. The molecule has 1 fully saturated rings. The van der Waals surface area contributed by atoms with Crippen molar-refractivity contribution in [3.8, 4) is 0 Å². The number of hydrogen-bond donors (Lipinski definition) is 1. The molecule has 0 bridgehead atoms. The maximum Gasteiger partial charge on any atom is 0.298 e. The van der Waals surface area contributed by atoms with Gasteiger partial charge in [-0.05, 0) is 31.4 Å². The molecule has 2 aromatic rings. The van der Waals surface area contributed by atoms with Crippen LogP contribution in [0.2, 0.25) is 0 Å². The molecule has 3 rings (SSSR count). The molecule has 7 heteroatoms. The summed E-state index contributed by atoms with van der Waals surface area (Å²) >= 11 is 0. The van der Waals surface area contributed by atoms with Gasteiger partial charge in [-0.2, -0.15) is 4.98 Å². The second-order valence-corrected chi connectivity index (χ2v) is 5.51. The van der Waals surface area contributed by atoms with Crippen molar-refractivity contribution in [1.29, 1.82) is 0 Å². The zero-order valence-electron chi connectivity index (χ0n) is 11.9. The van der Waals surface area contributed by atoms with Crippen molar-refractivity contribution in [1.82, 2.24) is 4.98 Å². The fraction of sp³-hybridized carbons (Fsp3) is 0.500. The molecule has 2 N–H and O–H groups in total. The summed E-state index contributed by atoms with van der Waals surface area (Å²) in [5.74, 6) is 0.444. The van der Waals surface area contributed by atoms with E-state index in [1.165, 1.54) is 12.1 Å². The number of nitro benzene ring substituents is 1. The van der Waals surface area contributed by atoms with E-state index in [0.29, 0.717) is 35.6 Å². The van der Waals surface area contributed by atoms with E-state index in [1.807, 2.05) is 11.9 Å². The predicted octanol–water partition coefficient (Wildman–Crippen LogP) is 2.30. The summed E-state index contributed by atoms with van der Waals surface area (Å²) in [6.45, 7) is 0.653. The van der Waals surface area contributed by atoms with Crippen LogP contribution in [0.5, 0.6) is 0 Å². The molecule has 1 heterocycles. The highest BCUT2D eigenvalue weighted by atomic mass is 16.6. The predicted molar refractivity (Wildman–Crippen MR) is 79.2 cm³/mol. The van der Waals surface area contributed by atoms with E-state index < -0.39 is 4.92 Å². The molecule has 0 amide bonds. The third-order valence-corrected chi connectivity index (χ3v) is 4.29. The fourth-order valence-corrected chi connectivity index (χ4v) is 3.11. The molecule has 7 nitrogen and oxygen atoms in total. The Balaban J connectivity index is 1.91. The fourth-order valence-electron chi connectivity index (χ4n) is 3.11. The first-order valence-corrected chi connectivity index (χ1v) is 7.08. The average molecular weight is 290 g/mol. The largest absolute Gasteiger partial charge is 0.423 e. The zero-order chi connectivity index (χ0) is 15.0. The number of aromatic nitrogens is 1. The number of rotatable bonds is 4. The molecule has 0 radical (unpaired) electrons. The van der Waals surface area contributed by atoms with Gasteiger partial charge in [0.15, 0.2) is 5.58 Å². The van der Waals surface area contributed by atoms with Gasteiger partial charge in [-0.15, -0.1) is 0 Å².